The monoisotopic (exact) mass is 495 g/mol. The van der Waals surface area contributed by atoms with Crippen molar-refractivity contribution in [2.75, 3.05) is 0 Å². The van der Waals surface area contributed by atoms with E-state index in [0.717, 1.165) is 39.1 Å². The molecule has 0 unspecified atom stereocenters. The maximum atomic E-state index is 5.26. The van der Waals surface area contributed by atoms with Gasteiger partial charge in [0.25, 0.3) is 0 Å². The molecule has 180 valence electrons. The van der Waals surface area contributed by atoms with Gasteiger partial charge >= 0.3 is 0 Å². The van der Waals surface area contributed by atoms with Crippen LogP contribution in [-0.2, 0) is 0 Å². The van der Waals surface area contributed by atoms with E-state index in [4.69, 9.17) is 9.97 Å². The second-order valence-electron chi connectivity index (χ2n) is 10.2. The molecular weight excluding hydrogens is 474 g/mol. The summed E-state index contributed by atoms with van der Waals surface area (Å²) in [5.41, 5.74) is 9.35. The molecule has 0 amide bonds. The van der Waals surface area contributed by atoms with Crippen molar-refractivity contribution in [3.63, 3.8) is 0 Å². The molecule has 3 nitrogen and oxygen atoms in total. The highest BCUT2D eigenvalue weighted by Gasteiger charge is 2.25. The third-order valence-electron chi connectivity index (χ3n) is 8.13. The van der Waals surface area contributed by atoms with Crippen molar-refractivity contribution in [3.8, 4) is 39.5 Å². The van der Waals surface area contributed by atoms with Crippen LogP contribution < -0.4 is 0 Å². The first-order valence-corrected chi connectivity index (χ1v) is 13.3. The predicted octanol–water partition coefficient (Wildman–Crippen LogP) is 9.19. The van der Waals surface area contributed by atoms with E-state index in [1.165, 1.54) is 43.8 Å². The van der Waals surface area contributed by atoms with E-state index >= 15 is 0 Å². The zero-order chi connectivity index (χ0) is 25.5. The highest BCUT2D eigenvalue weighted by molar-refractivity contribution is 6.30. The van der Waals surface area contributed by atoms with Gasteiger partial charge in [-0.1, -0.05) is 103 Å². The Hall–Kier alpha value is -5.28. The summed E-state index contributed by atoms with van der Waals surface area (Å²) in [5, 5.41) is 6.15. The first kappa shape index (κ1) is 20.7. The molecule has 0 atom stereocenters. The Bertz CT molecular complexity index is 2280. The summed E-state index contributed by atoms with van der Waals surface area (Å²) in [6.45, 7) is 0. The number of benzene rings is 6. The van der Waals surface area contributed by atoms with Gasteiger partial charge in [-0.3, -0.25) is 4.57 Å². The van der Waals surface area contributed by atoms with Gasteiger partial charge in [-0.05, 0) is 57.3 Å². The molecule has 39 heavy (non-hydrogen) atoms. The molecule has 1 aliphatic rings. The van der Waals surface area contributed by atoms with Crippen LogP contribution >= 0.6 is 0 Å². The summed E-state index contributed by atoms with van der Waals surface area (Å²) in [7, 11) is 0. The molecule has 0 radical (unpaired) electrons. The van der Waals surface area contributed by atoms with Crippen LogP contribution in [0.3, 0.4) is 0 Å². The lowest BCUT2D eigenvalue weighted by Crippen LogP contribution is -2.02. The van der Waals surface area contributed by atoms with E-state index in [2.05, 4.69) is 108 Å². The quantitative estimate of drug-likeness (QED) is 0.239. The van der Waals surface area contributed by atoms with Crippen molar-refractivity contribution in [1.29, 1.82) is 0 Å². The third kappa shape index (κ3) is 2.76. The number of aromatic nitrogens is 3. The van der Waals surface area contributed by atoms with Crippen LogP contribution in [0, 0.1) is 0 Å². The standard InChI is InChI=1S/C36H21N3/c1-2-10-23(11-3-1)35-37-29-18-7-6-15-28(29)36(38-35)39-30-19-9-17-27-25-14-5-4-13-24(25)26-16-8-12-22-20-21-31(39)34(32(22)26)33(27)30/h1-21H. The van der Waals surface area contributed by atoms with E-state index in [1.54, 1.807) is 0 Å². The van der Waals surface area contributed by atoms with Gasteiger partial charge in [0.1, 0.15) is 5.82 Å². The molecule has 0 N–H and O–H groups in total. The fraction of sp³-hybridized carbons (Fsp3) is 0. The van der Waals surface area contributed by atoms with Gasteiger partial charge in [-0.15, -0.1) is 0 Å². The minimum atomic E-state index is 0.731. The van der Waals surface area contributed by atoms with Crippen LogP contribution in [0.4, 0.5) is 0 Å². The maximum absolute atomic E-state index is 5.26. The minimum absolute atomic E-state index is 0.731. The summed E-state index contributed by atoms with van der Waals surface area (Å²) in [4.78, 5) is 10.2. The molecule has 6 aromatic carbocycles. The lowest BCUT2D eigenvalue weighted by molar-refractivity contribution is 1.08. The molecule has 0 aliphatic heterocycles. The summed E-state index contributed by atoms with van der Waals surface area (Å²) < 4.78 is 2.36. The lowest BCUT2D eigenvalue weighted by atomic mass is 9.93. The molecule has 2 aromatic heterocycles. The van der Waals surface area contributed by atoms with Gasteiger partial charge in [-0.2, -0.15) is 0 Å². The van der Waals surface area contributed by atoms with Crippen molar-refractivity contribution in [2.45, 2.75) is 0 Å². The number of para-hydroxylation sites is 1. The van der Waals surface area contributed by atoms with E-state index in [0.29, 0.717) is 0 Å². The van der Waals surface area contributed by atoms with Gasteiger partial charge in [0, 0.05) is 21.7 Å². The van der Waals surface area contributed by atoms with Crippen LogP contribution in [0.15, 0.2) is 127 Å². The van der Waals surface area contributed by atoms with Crippen molar-refractivity contribution >= 4 is 43.5 Å². The number of nitrogens with zero attached hydrogens (tertiary/aromatic N) is 3. The fourth-order valence-corrected chi connectivity index (χ4v) is 6.50. The van der Waals surface area contributed by atoms with Crippen molar-refractivity contribution < 1.29 is 0 Å². The van der Waals surface area contributed by atoms with E-state index in [1.807, 2.05) is 24.3 Å². The number of hydrogen-bond donors (Lipinski definition) is 0. The molecule has 1 aliphatic carbocycles. The van der Waals surface area contributed by atoms with E-state index in [-0.39, 0.29) is 0 Å². The Morgan fingerprint density at radius 2 is 1.10 bits per heavy atom. The second-order valence-corrected chi connectivity index (χ2v) is 10.2. The molecule has 3 heteroatoms. The molecular formula is C36H21N3. The predicted molar refractivity (Wildman–Crippen MR) is 161 cm³/mol. The van der Waals surface area contributed by atoms with Crippen LogP contribution in [0.5, 0.6) is 0 Å². The molecule has 2 heterocycles. The minimum Gasteiger partial charge on any atom is -0.293 e. The van der Waals surface area contributed by atoms with Crippen molar-refractivity contribution in [2.24, 2.45) is 0 Å². The van der Waals surface area contributed by atoms with Gasteiger partial charge in [0.15, 0.2) is 5.82 Å². The second kappa shape index (κ2) is 7.62. The summed E-state index contributed by atoms with van der Waals surface area (Å²) >= 11 is 0. The Labute approximate surface area is 224 Å². The average molecular weight is 496 g/mol. The Kier molecular flexibility index (Phi) is 4.05. The molecule has 9 rings (SSSR count). The molecule has 0 saturated heterocycles. The number of hydrogen-bond acceptors (Lipinski definition) is 2. The van der Waals surface area contributed by atoms with Gasteiger partial charge in [-0.25, -0.2) is 9.97 Å². The zero-order valence-electron chi connectivity index (χ0n) is 21.0. The van der Waals surface area contributed by atoms with Gasteiger partial charge in [0.05, 0.1) is 16.6 Å². The van der Waals surface area contributed by atoms with Gasteiger partial charge in [0.2, 0.25) is 0 Å². The number of fused-ring (bicyclic) bond motifs is 4. The van der Waals surface area contributed by atoms with E-state index in [9.17, 15) is 0 Å². The topological polar surface area (TPSA) is 30.7 Å². The smallest absolute Gasteiger partial charge is 0.162 e. The summed E-state index contributed by atoms with van der Waals surface area (Å²) in [6, 6.07) is 45.3. The maximum Gasteiger partial charge on any atom is 0.162 e. The lowest BCUT2D eigenvalue weighted by Gasteiger charge is -2.15. The summed E-state index contributed by atoms with van der Waals surface area (Å²) in [5.74, 6) is 1.64. The molecule has 0 saturated carbocycles. The first-order chi connectivity index (χ1) is 19.4. The van der Waals surface area contributed by atoms with Crippen LogP contribution in [0.25, 0.3) is 82.9 Å². The van der Waals surface area contributed by atoms with Crippen LogP contribution in [-0.4, -0.2) is 14.5 Å². The van der Waals surface area contributed by atoms with Crippen LogP contribution in [0.1, 0.15) is 0 Å². The van der Waals surface area contributed by atoms with Crippen molar-refractivity contribution in [1.82, 2.24) is 14.5 Å². The zero-order valence-corrected chi connectivity index (χ0v) is 21.0. The van der Waals surface area contributed by atoms with Gasteiger partial charge < -0.3 is 0 Å². The molecule has 8 aromatic rings. The summed E-state index contributed by atoms with van der Waals surface area (Å²) in [6.07, 6.45) is 0. The Morgan fingerprint density at radius 3 is 1.95 bits per heavy atom. The Balaban J connectivity index is 1.52. The fourth-order valence-electron chi connectivity index (χ4n) is 6.50. The third-order valence-corrected chi connectivity index (χ3v) is 8.13. The SMILES string of the molecule is c1ccc(-c2nc(-n3c4cccc5c4c4c6c(cccc6ccc43)-c3ccccc3-5)c3ccccc3n2)cc1. The number of rotatable bonds is 2. The first-order valence-electron chi connectivity index (χ1n) is 13.3. The average Bonchev–Trinajstić information content (AvgIpc) is 3.28. The normalized spacial score (nSPS) is 12.1. The van der Waals surface area contributed by atoms with E-state index < -0.39 is 0 Å². The highest BCUT2D eigenvalue weighted by Crippen LogP contribution is 2.49. The molecule has 0 bridgehead atoms. The largest absolute Gasteiger partial charge is 0.293 e. The Morgan fingerprint density at radius 1 is 0.436 bits per heavy atom. The molecule has 0 spiro atoms. The van der Waals surface area contributed by atoms with Crippen molar-refractivity contribution in [3.05, 3.63) is 127 Å². The highest BCUT2D eigenvalue weighted by atomic mass is 15.1. The van der Waals surface area contributed by atoms with Crippen LogP contribution in [0.2, 0.25) is 0 Å². The molecule has 0 fully saturated rings.